The Morgan fingerprint density at radius 3 is 2.68 bits per heavy atom. The van der Waals surface area contributed by atoms with Gasteiger partial charge in [-0.1, -0.05) is 17.3 Å². The number of benzene rings is 1. The minimum atomic E-state index is 0. The van der Waals surface area contributed by atoms with Gasteiger partial charge in [0.05, 0.1) is 5.69 Å². The fourth-order valence-corrected chi connectivity index (χ4v) is 3.27. The molecule has 0 radical (unpaired) electrons. The number of nitrogens with zero attached hydrogens (tertiary/aromatic N) is 4. The van der Waals surface area contributed by atoms with Crippen molar-refractivity contribution in [2.75, 3.05) is 39.3 Å². The molecule has 0 aliphatic carbocycles. The van der Waals surface area contributed by atoms with Crippen LogP contribution >= 0.6 is 24.0 Å². The summed E-state index contributed by atoms with van der Waals surface area (Å²) in [6.07, 6.45) is 0.814. The van der Waals surface area contributed by atoms with Gasteiger partial charge in [-0.3, -0.25) is 9.89 Å². The molecule has 1 aliphatic heterocycles. The summed E-state index contributed by atoms with van der Waals surface area (Å²) in [4.78, 5) is 9.49. The average Bonchev–Trinajstić information content (AvgIpc) is 3.06. The minimum Gasteiger partial charge on any atom is -0.508 e. The molecule has 2 aromatic rings. The highest BCUT2D eigenvalue weighted by Gasteiger charge is 2.20. The number of piperazine rings is 1. The first-order chi connectivity index (χ1) is 13.1. The molecule has 2 N–H and O–H groups in total. The average molecular weight is 499 g/mol. The van der Waals surface area contributed by atoms with Crippen LogP contribution in [0.1, 0.15) is 23.9 Å². The highest BCUT2D eigenvalue weighted by Crippen LogP contribution is 2.12. The van der Waals surface area contributed by atoms with E-state index in [0.29, 0.717) is 12.3 Å². The number of hydrogen-bond acceptors (Lipinski definition) is 5. The molecule has 7 nitrogen and oxygen atoms in total. The number of aryl methyl sites for hydroxylation is 1. The molecule has 8 heteroatoms. The number of hydrogen-bond donors (Lipinski definition) is 2. The SMILES string of the molecule is CCNC(=NCCc1cccc(O)c1)N1CCN(Cc2cc(C)on2)CC1.I. The molecule has 154 valence electrons. The molecule has 2 heterocycles. The molecule has 1 aliphatic rings. The van der Waals surface area contributed by atoms with Gasteiger partial charge in [-0.2, -0.15) is 0 Å². The molecule has 0 spiro atoms. The number of guanidine groups is 1. The van der Waals surface area contributed by atoms with E-state index in [0.717, 1.165) is 68.7 Å². The predicted molar refractivity (Wildman–Crippen MR) is 121 cm³/mol. The maximum atomic E-state index is 9.57. The van der Waals surface area contributed by atoms with Gasteiger partial charge >= 0.3 is 0 Å². The van der Waals surface area contributed by atoms with Crippen LogP contribution < -0.4 is 5.32 Å². The van der Waals surface area contributed by atoms with E-state index in [1.807, 2.05) is 25.1 Å². The summed E-state index contributed by atoms with van der Waals surface area (Å²) < 4.78 is 5.15. The van der Waals surface area contributed by atoms with Gasteiger partial charge in [-0.25, -0.2) is 0 Å². The molecule has 1 saturated heterocycles. The van der Waals surface area contributed by atoms with Crippen molar-refractivity contribution < 1.29 is 9.63 Å². The van der Waals surface area contributed by atoms with Gasteiger partial charge in [0.2, 0.25) is 0 Å². The van der Waals surface area contributed by atoms with Crippen LogP contribution in [0.5, 0.6) is 5.75 Å². The van der Waals surface area contributed by atoms with Gasteiger partial charge < -0.3 is 19.8 Å². The van der Waals surface area contributed by atoms with Gasteiger partial charge in [0.1, 0.15) is 11.5 Å². The lowest BCUT2D eigenvalue weighted by atomic mass is 10.1. The van der Waals surface area contributed by atoms with Crippen molar-refractivity contribution in [2.45, 2.75) is 26.8 Å². The first kappa shape index (κ1) is 22.5. The van der Waals surface area contributed by atoms with Crippen LogP contribution in [0.15, 0.2) is 39.8 Å². The Balaban J connectivity index is 0.00000280. The maximum absolute atomic E-state index is 9.57. The zero-order valence-corrected chi connectivity index (χ0v) is 18.9. The molecular weight excluding hydrogens is 469 g/mol. The zero-order valence-electron chi connectivity index (χ0n) is 16.6. The van der Waals surface area contributed by atoms with Gasteiger partial charge in [-0.15, -0.1) is 24.0 Å². The van der Waals surface area contributed by atoms with Gasteiger partial charge in [-0.05, 0) is 38.0 Å². The molecule has 3 rings (SSSR count). The molecular formula is C20H30IN5O2. The van der Waals surface area contributed by atoms with Crippen LogP contribution in [0, 0.1) is 6.92 Å². The number of phenolic OH excluding ortho intramolecular Hbond substituents is 1. The fourth-order valence-electron chi connectivity index (χ4n) is 3.27. The number of halogens is 1. The van der Waals surface area contributed by atoms with Gasteiger partial charge in [0, 0.05) is 51.9 Å². The maximum Gasteiger partial charge on any atom is 0.194 e. The monoisotopic (exact) mass is 499 g/mol. The largest absolute Gasteiger partial charge is 0.508 e. The second kappa shape index (κ2) is 11.3. The molecule has 0 saturated carbocycles. The molecule has 1 aromatic heterocycles. The Kier molecular flexibility index (Phi) is 9.04. The summed E-state index contributed by atoms with van der Waals surface area (Å²) in [6, 6.07) is 9.38. The van der Waals surface area contributed by atoms with Crippen molar-refractivity contribution in [3.63, 3.8) is 0 Å². The highest BCUT2D eigenvalue weighted by atomic mass is 127. The number of aromatic nitrogens is 1. The Bertz CT molecular complexity index is 757. The van der Waals surface area contributed by atoms with Crippen LogP contribution in [-0.4, -0.2) is 65.3 Å². The molecule has 0 atom stereocenters. The summed E-state index contributed by atoms with van der Waals surface area (Å²) in [5.41, 5.74) is 2.09. The summed E-state index contributed by atoms with van der Waals surface area (Å²) in [5, 5.41) is 17.1. The lowest BCUT2D eigenvalue weighted by Crippen LogP contribution is -2.52. The first-order valence-corrected chi connectivity index (χ1v) is 9.59. The number of aromatic hydroxyl groups is 1. The van der Waals surface area contributed by atoms with E-state index in [1.54, 1.807) is 12.1 Å². The third-order valence-electron chi connectivity index (χ3n) is 4.64. The zero-order chi connectivity index (χ0) is 19.1. The number of phenols is 1. The van der Waals surface area contributed by atoms with Crippen molar-refractivity contribution in [3.05, 3.63) is 47.3 Å². The predicted octanol–water partition coefficient (Wildman–Crippen LogP) is 2.63. The second-order valence-electron chi connectivity index (χ2n) is 6.85. The summed E-state index contributed by atoms with van der Waals surface area (Å²) in [7, 11) is 0. The van der Waals surface area contributed by atoms with E-state index in [-0.39, 0.29) is 24.0 Å². The molecule has 0 unspecified atom stereocenters. The van der Waals surface area contributed by atoms with Gasteiger partial charge in [0.25, 0.3) is 0 Å². The molecule has 28 heavy (non-hydrogen) atoms. The molecule has 0 amide bonds. The number of rotatable bonds is 6. The van der Waals surface area contributed by atoms with Gasteiger partial charge in [0.15, 0.2) is 5.96 Å². The highest BCUT2D eigenvalue weighted by molar-refractivity contribution is 14.0. The van der Waals surface area contributed by atoms with Crippen molar-refractivity contribution in [2.24, 2.45) is 4.99 Å². The summed E-state index contributed by atoms with van der Waals surface area (Å²) in [5.74, 6) is 2.13. The third-order valence-corrected chi connectivity index (χ3v) is 4.64. The summed E-state index contributed by atoms with van der Waals surface area (Å²) in [6.45, 7) is 10.2. The van der Waals surface area contributed by atoms with E-state index >= 15 is 0 Å². The Hall–Kier alpha value is -1.81. The van der Waals surface area contributed by atoms with Crippen LogP contribution in [-0.2, 0) is 13.0 Å². The fraction of sp³-hybridized carbons (Fsp3) is 0.500. The standard InChI is InChI=1S/C20H29N5O2.HI/c1-3-21-20(22-8-7-17-5-4-6-19(26)14-17)25-11-9-24(10-12-25)15-18-13-16(2)27-23-18;/h4-6,13-14,26H,3,7-12,15H2,1-2H3,(H,21,22);1H. The second-order valence-corrected chi connectivity index (χ2v) is 6.85. The van der Waals surface area contributed by atoms with Crippen LogP contribution in [0.25, 0.3) is 0 Å². The lowest BCUT2D eigenvalue weighted by molar-refractivity contribution is 0.169. The lowest BCUT2D eigenvalue weighted by Gasteiger charge is -2.36. The Labute approximate surface area is 183 Å². The van der Waals surface area contributed by atoms with E-state index in [2.05, 4.69) is 27.2 Å². The van der Waals surface area contributed by atoms with Crippen molar-refractivity contribution in [3.8, 4) is 5.75 Å². The topological polar surface area (TPSA) is 77.1 Å². The van der Waals surface area contributed by atoms with E-state index < -0.39 is 0 Å². The van der Waals surface area contributed by atoms with Crippen LogP contribution in [0.3, 0.4) is 0 Å². The minimum absolute atomic E-state index is 0. The number of nitrogens with one attached hydrogen (secondary N) is 1. The van der Waals surface area contributed by atoms with Crippen LogP contribution in [0.2, 0.25) is 0 Å². The smallest absolute Gasteiger partial charge is 0.194 e. The Morgan fingerprint density at radius 2 is 2.04 bits per heavy atom. The molecule has 0 bridgehead atoms. The van der Waals surface area contributed by atoms with Crippen molar-refractivity contribution in [1.82, 2.24) is 20.3 Å². The normalized spacial score (nSPS) is 15.4. The summed E-state index contributed by atoms with van der Waals surface area (Å²) >= 11 is 0. The number of aliphatic imine (C=N–C) groups is 1. The van der Waals surface area contributed by atoms with E-state index in [4.69, 9.17) is 9.52 Å². The van der Waals surface area contributed by atoms with E-state index in [9.17, 15) is 5.11 Å². The third kappa shape index (κ3) is 6.66. The molecule has 1 fully saturated rings. The van der Waals surface area contributed by atoms with Crippen molar-refractivity contribution in [1.29, 1.82) is 0 Å². The first-order valence-electron chi connectivity index (χ1n) is 9.59. The quantitative estimate of drug-likeness (QED) is 0.362. The van der Waals surface area contributed by atoms with Crippen LogP contribution in [0.4, 0.5) is 0 Å². The molecule has 1 aromatic carbocycles. The van der Waals surface area contributed by atoms with Crippen molar-refractivity contribution >= 4 is 29.9 Å². The Morgan fingerprint density at radius 1 is 1.25 bits per heavy atom. The van der Waals surface area contributed by atoms with E-state index in [1.165, 1.54) is 0 Å².